The summed E-state index contributed by atoms with van der Waals surface area (Å²) in [5.74, 6) is -0.991. The zero-order valence-corrected chi connectivity index (χ0v) is 9.77. The molecule has 1 rings (SSSR count). The first kappa shape index (κ1) is 12.2. The monoisotopic (exact) mass is 212 g/mol. The number of benzene rings is 1. The SMILES string of the molecule is CC(C)Cc1ccc(C(C)C)c(F)c1F. The van der Waals surface area contributed by atoms with Crippen molar-refractivity contribution in [2.24, 2.45) is 5.92 Å². The van der Waals surface area contributed by atoms with Crippen LogP contribution >= 0.6 is 0 Å². The molecule has 0 heterocycles. The zero-order valence-electron chi connectivity index (χ0n) is 9.77. The van der Waals surface area contributed by atoms with E-state index in [9.17, 15) is 8.78 Å². The predicted octanol–water partition coefficient (Wildman–Crippen LogP) is 4.29. The quantitative estimate of drug-likeness (QED) is 0.701. The zero-order chi connectivity index (χ0) is 11.6. The highest BCUT2D eigenvalue weighted by Gasteiger charge is 2.15. The van der Waals surface area contributed by atoms with E-state index in [4.69, 9.17) is 0 Å². The molecule has 1 aromatic rings. The van der Waals surface area contributed by atoms with Crippen molar-refractivity contribution >= 4 is 0 Å². The van der Waals surface area contributed by atoms with E-state index in [0.717, 1.165) is 0 Å². The van der Waals surface area contributed by atoms with E-state index in [1.54, 1.807) is 12.1 Å². The average molecular weight is 212 g/mol. The molecule has 0 saturated carbocycles. The number of halogens is 2. The fourth-order valence-electron chi connectivity index (χ4n) is 1.65. The lowest BCUT2D eigenvalue weighted by Gasteiger charge is -2.12. The lowest BCUT2D eigenvalue weighted by Crippen LogP contribution is -2.03. The first-order valence-electron chi connectivity index (χ1n) is 5.40. The lowest BCUT2D eigenvalue weighted by atomic mass is 9.96. The lowest BCUT2D eigenvalue weighted by molar-refractivity contribution is 0.477. The molecular formula is C13H18F2. The first-order chi connectivity index (χ1) is 6.93. The molecule has 0 aliphatic heterocycles. The van der Waals surface area contributed by atoms with Gasteiger partial charge in [-0.1, -0.05) is 39.8 Å². The number of rotatable bonds is 3. The van der Waals surface area contributed by atoms with Crippen LogP contribution in [0.2, 0.25) is 0 Å². The summed E-state index contributed by atoms with van der Waals surface area (Å²) in [7, 11) is 0. The Morgan fingerprint density at radius 3 is 2.07 bits per heavy atom. The van der Waals surface area contributed by atoms with Gasteiger partial charge in [0.15, 0.2) is 11.6 Å². The summed E-state index contributed by atoms with van der Waals surface area (Å²) >= 11 is 0. The van der Waals surface area contributed by atoms with Crippen molar-refractivity contribution in [3.05, 3.63) is 34.9 Å². The van der Waals surface area contributed by atoms with Crippen molar-refractivity contribution < 1.29 is 8.78 Å². The molecule has 15 heavy (non-hydrogen) atoms. The van der Waals surface area contributed by atoms with Gasteiger partial charge < -0.3 is 0 Å². The molecule has 0 amide bonds. The van der Waals surface area contributed by atoms with Crippen molar-refractivity contribution in [3.63, 3.8) is 0 Å². The largest absolute Gasteiger partial charge is 0.203 e. The van der Waals surface area contributed by atoms with E-state index in [1.807, 2.05) is 27.7 Å². The highest BCUT2D eigenvalue weighted by molar-refractivity contribution is 5.28. The topological polar surface area (TPSA) is 0 Å². The van der Waals surface area contributed by atoms with Gasteiger partial charge in [0, 0.05) is 0 Å². The summed E-state index contributed by atoms with van der Waals surface area (Å²) in [5, 5.41) is 0. The predicted molar refractivity (Wildman–Crippen MR) is 59.0 cm³/mol. The molecule has 0 N–H and O–H groups in total. The summed E-state index contributed by atoms with van der Waals surface area (Å²) in [6.45, 7) is 7.71. The standard InChI is InChI=1S/C13H18F2/c1-8(2)7-10-5-6-11(9(3)4)13(15)12(10)14/h5-6,8-9H,7H2,1-4H3. The molecule has 0 nitrogen and oxygen atoms in total. The maximum absolute atomic E-state index is 13.6. The molecule has 0 bridgehead atoms. The molecule has 0 unspecified atom stereocenters. The normalized spacial score (nSPS) is 11.5. The second kappa shape index (κ2) is 4.73. The van der Waals surface area contributed by atoms with Gasteiger partial charge >= 0.3 is 0 Å². The van der Waals surface area contributed by atoms with Crippen LogP contribution in [0.15, 0.2) is 12.1 Å². The molecule has 0 radical (unpaired) electrons. The third kappa shape index (κ3) is 2.77. The molecule has 0 saturated heterocycles. The maximum Gasteiger partial charge on any atom is 0.162 e. The maximum atomic E-state index is 13.6. The van der Waals surface area contributed by atoms with Gasteiger partial charge in [0.1, 0.15) is 0 Å². The second-order valence-corrected chi connectivity index (χ2v) is 4.69. The van der Waals surface area contributed by atoms with Crippen molar-refractivity contribution in [2.45, 2.75) is 40.0 Å². The van der Waals surface area contributed by atoms with Gasteiger partial charge in [0.25, 0.3) is 0 Å². The Kier molecular flexibility index (Phi) is 3.83. The Hall–Kier alpha value is -0.920. The van der Waals surface area contributed by atoms with E-state index in [2.05, 4.69) is 0 Å². The van der Waals surface area contributed by atoms with Crippen LogP contribution in [0.3, 0.4) is 0 Å². The number of hydrogen-bond acceptors (Lipinski definition) is 0. The van der Waals surface area contributed by atoms with E-state index in [-0.39, 0.29) is 5.92 Å². The van der Waals surface area contributed by atoms with Gasteiger partial charge in [-0.05, 0) is 29.4 Å². The van der Waals surface area contributed by atoms with E-state index in [0.29, 0.717) is 23.5 Å². The van der Waals surface area contributed by atoms with Crippen LogP contribution in [0.1, 0.15) is 44.7 Å². The summed E-state index contributed by atoms with van der Waals surface area (Å²) in [6.07, 6.45) is 0.584. The fourth-order valence-corrected chi connectivity index (χ4v) is 1.65. The molecular weight excluding hydrogens is 194 g/mol. The van der Waals surface area contributed by atoms with Crippen LogP contribution in [0.5, 0.6) is 0 Å². The van der Waals surface area contributed by atoms with Gasteiger partial charge in [0.05, 0.1) is 0 Å². The highest BCUT2D eigenvalue weighted by Crippen LogP contribution is 2.24. The molecule has 2 heteroatoms. The minimum absolute atomic E-state index is 0.0209. The van der Waals surface area contributed by atoms with Crippen LogP contribution in [0, 0.1) is 17.6 Å². The Labute approximate surface area is 90.3 Å². The van der Waals surface area contributed by atoms with Gasteiger partial charge in [0.2, 0.25) is 0 Å². The minimum Gasteiger partial charge on any atom is -0.203 e. The molecule has 0 atom stereocenters. The molecule has 1 aromatic carbocycles. The molecule has 0 aliphatic carbocycles. The van der Waals surface area contributed by atoms with Gasteiger partial charge in [-0.25, -0.2) is 8.78 Å². The van der Waals surface area contributed by atoms with Crippen molar-refractivity contribution in [3.8, 4) is 0 Å². The van der Waals surface area contributed by atoms with Crippen LogP contribution in [-0.4, -0.2) is 0 Å². The molecule has 0 fully saturated rings. The van der Waals surface area contributed by atoms with Crippen LogP contribution < -0.4 is 0 Å². The Morgan fingerprint density at radius 2 is 1.60 bits per heavy atom. The summed E-state index contributed by atoms with van der Waals surface area (Å²) < 4.78 is 27.2. The third-order valence-corrected chi connectivity index (χ3v) is 2.44. The smallest absolute Gasteiger partial charge is 0.162 e. The minimum atomic E-state index is -0.678. The molecule has 0 spiro atoms. The van der Waals surface area contributed by atoms with Crippen molar-refractivity contribution in [1.29, 1.82) is 0 Å². The third-order valence-electron chi connectivity index (χ3n) is 2.44. The van der Waals surface area contributed by atoms with Gasteiger partial charge in [-0.2, -0.15) is 0 Å². The Balaban J connectivity index is 3.10. The fraction of sp³-hybridized carbons (Fsp3) is 0.538. The Morgan fingerprint density at radius 1 is 1.00 bits per heavy atom. The molecule has 0 aliphatic rings. The van der Waals surface area contributed by atoms with Gasteiger partial charge in [-0.3, -0.25) is 0 Å². The van der Waals surface area contributed by atoms with E-state index in [1.165, 1.54) is 0 Å². The summed E-state index contributed by atoms with van der Waals surface area (Å²) in [4.78, 5) is 0. The second-order valence-electron chi connectivity index (χ2n) is 4.69. The van der Waals surface area contributed by atoms with Crippen LogP contribution in [0.4, 0.5) is 8.78 Å². The Bertz CT molecular complexity index is 341. The van der Waals surface area contributed by atoms with Crippen molar-refractivity contribution in [1.82, 2.24) is 0 Å². The van der Waals surface area contributed by atoms with Gasteiger partial charge in [-0.15, -0.1) is 0 Å². The average Bonchev–Trinajstić information content (AvgIpc) is 2.12. The van der Waals surface area contributed by atoms with Crippen LogP contribution in [0.25, 0.3) is 0 Å². The first-order valence-corrected chi connectivity index (χ1v) is 5.40. The highest BCUT2D eigenvalue weighted by atomic mass is 19.2. The number of hydrogen-bond donors (Lipinski definition) is 0. The molecule has 84 valence electrons. The molecule has 0 aromatic heterocycles. The van der Waals surface area contributed by atoms with Crippen molar-refractivity contribution in [2.75, 3.05) is 0 Å². The van der Waals surface area contributed by atoms with E-state index < -0.39 is 11.6 Å². The summed E-state index contributed by atoms with van der Waals surface area (Å²) in [6, 6.07) is 3.40. The van der Waals surface area contributed by atoms with E-state index >= 15 is 0 Å². The summed E-state index contributed by atoms with van der Waals surface area (Å²) in [5.41, 5.74) is 0.937. The van der Waals surface area contributed by atoms with Crippen LogP contribution in [-0.2, 0) is 6.42 Å².